The number of nitrogens with one attached hydrogen (secondary N) is 1. The highest BCUT2D eigenvalue weighted by Crippen LogP contribution is 2.31. The van der Waals surface area contributed by atoms with Crippen LogP contribution >= 0.6 is 0 Å². The highest BCUT2D eigenvalue weighted by Gasteiger charge is 2.32. The van der Waals surface area contributed by atoms with Gasteiger partial charge in [-0.2, -0.15) is 0 Å². The SMILES string of the molecule is CONC(=O)C(C)(CCCOc1cc(C)ccc1C)CCCc1ccccc1. The predicted octanol–water partition coefficient (Wildman–Crippen LogP) is 5.17. The molecule has 2 rings (SSSR count). The molecule has 1 atom stereocenters. The molecule has 0 spiro atoms. The summed E-state index contributed by atoms with van der Waals surface area (Å²) < 4.78 is 5.96. The summed E-state index contributed by atoms with van der Waals surface area (Å²) in [6.07, 6.45) is 4.29. The number of carbonyl (C=O) groups excluding carboxylic acids is 1. The van der Waals surface area contributed by atoms with Crippen LogP contribution in [0.25, 0.3) is 0 Å². The number of aryl methyl sites for hydroxylation is 3. The maximum atomic E-state index is 12.6. The molecular weight excluding hydrogens is 350 g/mol. The van der Waals surface area contributed by atoms with Crippen LogP contribution in [0.2, 0.25) is 0 Å². The predicted molar refractivity (Wildman–Crippen MR) is 113 cm³/mol. The van der Waals surface area contributed by atoms with Crippen molar-refractivity contribution in [2.45, 2.75) is 52.9 Å². The van der Waals surface area contributed by atoms with Gasteiger partial charge < -0.3 is 4.74 Å². The maximum Gasteiger partial charge on any atom is 0.249 e. The van der Waals surface area contributed by atoms with Crippen LogP contribution < -0.4 is 10.2 Å². The average Bonchev–Trinajstić information content (AvgIpc) is 2.69. The summed E-state index contributed by atoms with van der Waals surface area (Å²) in [6.45, 7) is 6.72. The minimum Gasteiger partial charge on any atom is -0.493 e. The second-order valence-corrected chi connectivity index (χ2v) is 7.76. The van der Waals surface area contributed by atoms with Crippen molar-refractivity contribution in [2.24, 2.45) is 5.41 Å². The van der Waals surface area contributed by atoms with Gasteiger partial charge in [-0.15, -0.1) is 0 Å². The zero-order valence-electron chi connectivity index (χ0n) is 17.6. The topological polar surface area (TPSA) is 47.6 Å². The van der Waals surface area contributed by atoms with E-state index >= 15 is 0 Å². The molecule has 0 bridgehead atoms. The Kier molecular flexibility index (Phi) is 8.52. The van der Waals surface area contributed by atoms with Gasteiger partial charge in [-0.05, 0) is 68.7 Å². The third kappa shape index (κ3) is 6.68. The van der Waals surface area contributed by atoms with Crippen molar-refractivity contribution < 1.29 is 14.4 Å². The van der Waals surface area contributed by atoms with Gasteiger partial charge in [0.1, 0.15) is 5.75 Å². The van der Waals surface area contributed by atoms with Crippen LogP contribution in [-0.4, -0.2) is 19.6 Å². The van der Waals surface area contributed by atoms with Crippen molar-refractivity contribution in [1.82, 2.24) is 5.48 Å². The molecule has 4 heteroatoms. The summed E-state index contributed by atoms with van der Waals surface area (Å²) in [5, 5.41) is 0. The van der Waals surface area contributed by atoms with E-state index in [1.165, 1.54) is 18.2 Å². The monoisotopic (exact) mass is 383 g/mol. The van der Waals surface area contributed by atoms with E-state index in [2.05, 4.69) is 61.8 Å². The van der Waals surface area contributed by atoms with Gasteiger partial charge >= 0.3 is 0 Å². The Morgan fingerprint density at radius 1 is 1.04 bits per heavy atom. The molecule has 0 aliphatic rings. The van der Waals surface area contributed by atoms with E-state index in [0.29, 0.717) is 6.61 Å². The third-order valence-electron chi connectivity index (χ3n) is 5.25. The summed E-state index contributed by atoms with van der Waals surface area (Å²) in [6, 6.07) is 16.6. The first-order valence-corrected chi connectivity index (χ1v) is 10.0. The Morgan fingerprint density at radius 2 is 1.75 bits per heavy atom. The number of hydrogen-bond donors (Lipinski definition) is 1. The van der Waals surface area contributed by atoms with Crippen LogP contribution in [0.15, 0.2) is 48.5 Å². The van der Waals surface area contributed by atoms with E-state index in [1.807, 2.05) is 13.0 Å². The molecule has 2 aromatic rings. The van der Waals surface area contributed by atoms with E-state index < -0.39 is 5.41 Å². The third-order valence-corrected chi connectivity index (χ3v) is 5.25. The summed E-state index contributed by atoms with van der Waals surface area (Å²) in [7, 11) is 1.48. The molecule has 4 nitrogen and oxygen atoms in total. The zero-order valence-corrected chi connectivity index (χ0v) is 17.6. The molecule has 0 aliphatic carbocycles. The normalized spacial score (nSPS) is 13.0. The van der Waals surface area contributed by atoms with Crippen LogP contribution in [0.5, 0.6) is 5.75 Å². The number of carbonyl (C=O) groups is 1. The lowest BCUT2D eigenvalue weighted by atomic mass is 9.79. The van der Waals surface area contributed by atoms with Crippen molar-refractivity contribution in [3.05, 3.63) is 65.2 Å². The molecule has 0 radical (unpaired) electrons. The van der Waals surface area contributed by atoms with Gasteiger partial charge in [0.2, 0.25) is 5.91 Å². The smallest absolute Gasteiger partial charge is 0.249 e. The summed E-state index contributed by atoms with van der Waals surface area (Å²) >= 11 is 0. The number of hydroxylamine groups is 1. The fourth-order valence-corrected chi connectivity index (χ4v) is 3.40. The van der Waals surface area contributed by atoms with Crippen molar-refractivity contribution in [3.8, 4) is 5.75 Å². The molecule has 0 aliphatic heterocycles. The molecule has 1 N–H and O–H groups in total. The highest BCUT2D eigenvalue weighted by atomic mass is 16.6. The highest BCUT2D eigenvalue weighted by molar-refractivity contribution is 5.81. The zero-order chi connectivity index (χ0) is 20.4. The van der Waals surface area contributed by atoms with E-state index in [9.17, 15) is 4.79 Å². The molecule has 28 heavy (non-hydrogen) atoms. The largest absolute Gasteiger partial charge is 0.493 e. The molecule has 0 saturated carbocycles. The lowest BCUT2D eigenvalue weighted by Crippen LogP contribution is -2.38. The standard InChI is InChI=1S/C24H33NO3/c1-19-13-14-20(2)22(18-19)28-17-9-16-24(3,23(26)25-27-4)15-8-12-21-10-6-5-7-11-21/h5-7,10-11,13-14,18H,8-9,12,15-17H2,1-4H3,(H,25,26). The minimum atomic E-state index is -0.476. The Hall–Kier alpha value is -2.33. The number of ether oxygens (including phenoxy) is 1. The first-order valence-electron chi connectivity index (χ1n) is 10.0. The number of amides is 1. The Bertz CT molecular complexity index is 745. The van der Waals surface area contributed by atoms with E-state index in [4.69, 9.17) is 9.57 Å². The number of hydrogen-bond acceptors (Lipinski definition) is 3. The van der Waals surface area contributed by atoms with Gasteiger partial charge in [-0.3, -0.25) is 9.63 Å². The lowest BCUT2D eigenvalue weighted by Gasteiger charge is -2.28. The first kappa shape index (κ1) is 22.0. The van der Waals surface area contributed by atoms with Crippen molar-refractivity contribution in [2.75, 3.05) is 13.7 Å². The molecule has 0 saturated heterocycles. The van der Waals surface area contributed by atoms with Gasteiger partial charge in [-0.25, -0.2) is 5.48 Å². The van der Waals surface area contributed by atoms with E-state index in [1.54, 1.807) is 0 Å². The van der Waals surface area contributed by atoms with Gasteiger partial charge in [0, 0.05) is 5.41 Å². The second kappa shape index (κ2) is 10.9. The maximum absolute atomic E-state index is 12.6. The Labute approximate surface area is 169 Å². The van der Waals surface area contributed by atoms with Gasteiger partial charge in [0.25, 0.3) is 0 Å². The number of benzene rings is 2. The van der Waals surface area contributed by atoms with E-state index in [-0.39, 0.29) is 5.91 Å². The molecular formula is C24H33NO3. The summed E-state index contributed by atoms with van der Waals surface area (Å²) in [4.78, 5) is 17.5. The molecule has 0 heterocycles. The van der Waals surface area contributed by atoms with Crippen LogP contribution in [0.3, 0.4) is 0 Å². The molecule has 0 aromatic heterocycles. The molecule has 2 aromatic carbocycles. The average molecular weight is 384 g/mol. The van der Waals surface area contributed by atoms with Gasteiger partial charge in [-0.1, -0.05) is 49.4 Å². The second-order valence-electron chi connectivity index (χ2n) is 7.76. The van der Waals surface area contributed by atoms with Crippen LogP contribution in [0.4, 0.5) is 0 Å². The molecule has 1 amide bonds. The van der Waals surface area contributed by atoms with Crippen molar-refractivity contribution in [1.29, 1.82) is 0 Å². The number of rotatable bonds is 11. The Balaban J connectivity index is 1.88. The Morgan fingerprint density at radius 3 is 2.46 bits per heavy atom. The molecule has 0 fully saturated rings. The summed E-state index contributed by atoms with van der Waals surface area (Å²) in [5.41, 5.74) is 5.67. The van der Waals surface area contributed by atoms with Crippen molar-refractivity contribution in [3.63, 3.8) is 0 Å². The van der Waals surface area contributed by atoms with E-state index in [0.717, 1.165) is 43.4 Å². The molecule has 152 valence electrons. The van der Waals surface area contributed by atoms with Gasteiger partial charge in [0.15, 0.2) is 0 Å². The quantitative estimate of drug-likeness (QED) is 0.430. The van der Waals surface area contributed by atoms with Crippen LogP contribution in [-0.2, 0) is 16.1 Å². The minimum absolute atomic E-state index is 0.0604. The van der Waals surface area contributed by atoms with Gasteiger partial charge in [0.05, 0.1) is 13.7 Å². The summed E-state index contributed by atoms with van der Waals surface area (Å²) in [5.74, 6) is 0.863. The van der Waals surface area contributed by atoms with Crippen molar-refractivity contribution >= 4 is 5.91 Å². The fourth-order valence-electron chi connectivity index (χ4n) is 3.40. The lowest BCUT2D eigenvalue weighted by molar-refractivity contribution is -0.142. The van der Waals surface area contributed by atoms with Crippen LogP contribution in [0, 0.1) is 19.3 Å². The molecule has 1 unspecified atom stereocenters. The fraction of sp³-hybridized carbons (Fsp3) is 0.458. The van der Waals surface area contributed by atoms with Crippen LogP contribution in [0.1, 0.15) is 49.3 Å². The first-order chi connectivity index (χ1) is 13.4.